The van der Waals surface area contributed by atoms with Crippen LogP contribution in [0.15, 0.2) is 54.9 Å². The van der Waals surface area contributed by atoms with Crippen LogP contribution < -0.4 is 21.7 Å². The normalized spacial score (nSPS) is 17.5. The van der Waals surface area contributed by atoms with Gasteiger partial charge in [-0.3, -0.25) is 4.79 Å². The number of fused-ring (bicyclic) bond motifs is 1. The summed E-state index contributed by atoms with van der Waals surface area (Å²) in [7, 11) is 4.30. The summed E-state index contributed by atoms with van der Waals surface area (Å²) in [4.78, 5) is 29.4. The van der Waals surface area contributed by atoms with E-state index in [0.29, 0.717) is 46.3 Å². The van der Waals surface area contributed by atoms with Crippen molar-refractivity contribution in [1.29, 1.82) is 0 Å². The molecule has 5 N–H and O–H groups in total. The molecule has 0 spiro atoms. The van der Waals surface area contributed by atoms with E-state index >= 15 is 0 Å². The highest BCUT2D eigenvalue weighted by Crippen LogP contribution is 2.29. The molecule has 10 nitrogen and oxygen atoms in total. The quantitative estimate of drug-likeness (QED) is 0.228. The van der Waals surface area contributed by atoms with Gasteiger partial charge in [0.05, 0.1) is 6.33 Å². The zero-order valence-electron chi connectivity index (χ0n) is 23.0. The Morgan fingerprint density at radius 3 is 2.44 bits per heavy atom. The molecule has 0 bridgehead atoms. The van der Waals surface area contributed by atoms with E-state index in [2.05, 4.69) is 58.3 Å². The molecule has 5 rings (SSSR count). The van der Waals surface area contributed by atoms with Crippen LogP contribution in [0.4, 0.5) is 28.8 Å². The summed E-state index contributed by atoms with van der Waals surface area (Å²) in [5, 5.41) is 9.95. The van der Waals surface area contributed by atoms with Crippen molar-refractivity contribution < 1.29 is 4.79 Å². The number of nitrogen functional groups attached to an aromatic ring is 1. The standard InChI is InChI=1S/C29H37N9O/c1-18(2)38-17-31-25-26(35-29(36-27(25)38)34-21-12-14-24(15-13-21)37(3)4)32-22-6-5-7-23(16-22)33-28(39)19-8-10-20(30)11-9-19/h5-11,16-18,21,24H,12-15,30H2,1-4H3,(H,33,39)(H2,32,34,35,36)/t21-,24-. The Morgan fingerprint density at radius 1 is 1.03 bits per heavy atom. The molecule has 0 saturated heterocycles. The molecule has 1 fully saturated rings. The van der Waals surface area contributed by atoms with Crippen LogP contribution in [0.25, 0.3) is 11.2 Å². The van der Waals surface area contributed by atoms with Crippen LogP contribution in [0.1, 0.15) is 55.9 Å². The molecule has 0 radical (unpaired) electrons. The third kappa shape index (κ3) is 6.12. The van der Waals surface area contributed by atoms with Gasteiger partial charge in [0.25, 0.3) is 5.91 Å². The monoisotopic (exact) mass is 527 g/mol. The van der Waals surface area contributed by atoms with Crippen LogP contribution >= 0.6 is 0 Å². The first kappa shape index (κ1) is 26.4. The third-order valence-corrected chi connectivity index (χ3v) is 7.29. The Morgan fingerprint density at radius 2 is 1.74 bits per heavy atom. The Kier molecular flexibility index (Phi) is 7.65. The first-order valence-electron chi connectivity index (χ1n) is 13.5. The number of carbonyl (C=O) groups excluding carboxylic acids is 1. The third-order valence-electron chi connectivity index (χ3n) is 7.29. The van der Waals surface area contributed by atoms with Gasteiger partial charge in [-0.2, -0.15) is 9.97 Å². The van der Waals surface area contributed by atoms with Gasteiger partial charge in [0.15, 0.2) is 17.0 Å². The van der Waals surface area contributed by atoms with Crippen molar-refractivity contribution in [3.8, 4) is 0 Å². The van der Waals surface area contributed by atoms with E-state index in [-0.39, 0.29) is 11.9 Å². The largest absolute Gasteiger partial charge is 0.399 e. The molecule has 1 saturated carbocycles. The second kappa shape index (κ2) is 11.3. The molecule has 2 heterocycles. The topological polar surface area (TPSA) is 126 Å². The summed E-state index contributed by atoms with van der Waals surface area (Å²) in [6.07, 6.45) is 6.26. The predicted molar refractivity (Wildman–Crippen MR) is 158 cm³/mol. The van der Waals surface area contributed by atoms with Crippen LogP contribution in [0.2, 0.25) is 0 Å². The molecule has 2 aromatic carbocycles. The molecule has 39 heavy (non-hydrogen) atoms. The zero-order valence-corrected chi connectivity index (χ0v) is 23.0. The van der Waals surface area contributed by atoms with E-state index in [0.717, 1.165) is 37.0 Å². The average molecular weight is 528 g/mol. The lowest BCUT2D eigenvalue weighted by Crippen LogP contribution is -2.36. The molecule has 0 aliphatic heterocycles. The number of carbonyl (C=O) groups is 1. The minimum absolute atomic E-state index is 0.202. The van der Waals surface area contributed by atoms with Gasteiger partial charge in [0, 0.05) is 40.8 Å². The second-order valence-electron chi connectivity index (χ2n) is 10.7. The molecule has 4 aromatic rings. The van der Waals surface area contributed by atoms with Crippen molar-refractivity contribution >= 4 is 45.9 Å². The van der Waals surface area contributed by atoms with E-state index in [4.69, 9.17) is 15.7 Å². The maximum Gasteiger partial charge on any atom is 0.255 e. The molecule has 10 heteroatoms. The number of anilines is 5. The fourth-order valence-electron chi connectivity index (χ4n) is 5.01. The smallest absolute Gasteiger partial charge is 0.255 e. The van der Waals surface area contributed by atoms with Crippen LogP contribution in [0.3, 0.4) is 0 Å². The van der Waals surface area contributed by atoms with Crippen LogP contribution in [0.5, 0.6) is 0 Å². The average Bonchev–Trinajstić information content (AvgIpc) is 3.34. The van der Waals surface area contributed by atoms with Crippen LogP contribution in [-0.2, 0) is 0 Å². The van der Waals surface area contributed by atoms with Crippen molar-refractivity contribution in [3.05, 3.63) is 60.4 Å². The lowest BCUT2D eigenvalue weighted by Gasteiger charge is -2.33. The second-order valence-corrected chi connectivity index (χ2v) is 10.7. The maximum absolute atomic E-state index is 12.7. The summed E-state index contributed by atoms with van der Waals surface area (Å²) in [5.41, 5.74) is 9.81. The molecule has 1 aliphatic carbocycles. The van der Waals surface area contributed by atoms with Crippen LogP contribution in [-0.4, -0.2) is 56.5 Å². The number of hydrogen-bond donors (Lipinski definition) is 4. The molecular weight excluding hydrogens is 490 g/mol. The first-order chi connectivity index (χ1) is 18.8. The summed E-state index contributed by atoms with van der Waals surface area (Å²) < 4.78 is 2.06. The molecule has 1 amide bonds. The van der Waals surface area contributed by atoms with Gasteiger partial charge in [0.1, 0.15) is 0 Å². The lowest BCUT2D eigenvalue weighted by molar-refractivity contribution is 0.102. The van der Waals surface area contributed by atoms with Gasteiger partial charge < -0.3 is 31.2 Å². The van der Waals surface area contributed by atoms with E-state index < -0.39 is 0 Å². The van der Waals surface area contributed by atoms with Crippen molar-refractivity contribution in [1.82, 2.24) is 24.4 Å². The van der Waals surface area contributed by atoms with Crippen molar-refractivity contribution in [2.75, 3.05) is 35.8 Å². The highest BCUT2D eigenvalue weighted by Gasteiger charge is 2.24. The van der Waals surface area contributed by atoms with Gasteiger partial charge in [-0.25, -0.2) is 4.98 Å². The number of hydrogen-bond acceptors (Lipinski definition) is 8. The summed E-state index contributed by atoms with van der Waals surface area (Å²) in [5.74, 6) is 1.00. The van der Waals surface area contributed by atoms with Gasteiger partial charge in [0.2, 0.25) is 5.95 Å². The van der Waals surface area contributed by atoms with Crippen molar-refractivity contribution in [2.24, 2.45) is 0 Å². The predicted octanol–water partition coefficient (Wildman–Crippen LogP) is 5.27. The van der Waals surface area contributed by atoms with Gasteiger partial charge in [-0.1, -0.05) is 6.07 Å². The molecule has 1 aliphatic rings. The number of nitrogens with two attached hydrogens (primary N) is 1. The molecule has 204 valence electrons. The van der Waals surface area contributed by atoms with Crippen molar-refractivity contribution in [2.45, 2.75) is 57.7 Å². The SMILES string of the molecule is CC(C)n1cnc2c(Nc3cccc(NC(=O)c4ccc(N)cc4)c3)nc(N[C@H]3CC[C@H](N(C)C)CC3)nc21. The highest BCUT2D eigenvalue weighted by atomic mass is 16.1. The van der Waals surface area contributed by atoms with Gasteiger partial charge in [-0.05, 0) is 96.1 Å². The maximum atomic E-state index is 12.7. The number of rotatable bonds is 8. The zero-order chi connectivity index (χ0) is 27.5. The number of benzene rings is 2. The number of nitrogens with one attached hydrogen (secondary N) is 3. The fraction of sp³-hybridized carbons (Fsp3) is 0.379. The number of imidazole rings is 1. The number of aromatic nitrogens is 4. The van der Waals surface area contributed by atoms with Crippen molar-refractivity contribution in [3.63, 3.8) is 0 Å². The number of amides is 1. The molecule has 2 aromatic heterocycles. The fourth-order valence-corrected chi connectivity index (χ4v) is 5.01. The summed E-state index contributed by atoms with van der Waals surface area (Å²) >= 11 is 0. The highest BCUT2D eigenvalue weighted by molar-refractivity contribution is 6.04. The summed E-state index contributed by atoms with van der Waals surface area (Å²) in [6.45, 7) is 4.22. The van der Waals surface area contributed by atoms with Gasteiger partial charge in [-0.15, -0.1) is 0 Å². The van der Waals surface area contributed by atoms with E-state index in [1.54, 1.807) is 24.3 Å². The Labute approximate surface area is 229 Å². The minimum atomic E-state index is -0.206. The Balaban J connectivity index is 1.38. The first-order valence-corrected chi connectivity index (χ1v) is 13.5. The van der Waals surface area contributed by atoms with E-state index in [1.807, 2.05) is 30.6 Å². The Hall–Kier alpha value is -4.18. The van der Waals surface area contributed by atoms with E-state index in [9.17, 15) is 4.79 Å². The van der Waals surface area contributed by atoms with E-state index in [1.165, 1.54) is 0 Å². The minimum Gasteiger partial charge on any atom is -0.399 e. The molecule has 0 unspecified atom stereocenters. The van der Waals surface area contributed by atoms with Gasteiger partial charge >= 0.3 is 0 Å². The molecule has 0 atom stereocenters. The van der Waals surface area contributed by atoms with Crippen LogP contribution in [0, 0.1) is 0 Å². The number of nitrogens with zero attached hydrogens (tertiary/aromatic N) is 5. The Bertz CT molecular complexity index is 1440. The lowest BCUT2D eigenvalue weighted by atomic mass is 9.91. The molecular formula is C29H37N9O. The summed E-state index contributed by atoms with van der Waals surface area (Å²) in [6, 6.07) is 15.5.